The van der Waals surface area contributed by atoms with E-state index >= 15 is 0 Å². The fraction of sp³-hybridized carbons (Fsp3) is 0.423. The van der Waals surface area contributed by atoms with Gasteiger partial charge in [0.25, 0.3) is 11.8 Å². The molecule has 2 N–H and O–H groups in total. The molecule has 0 unspecified atom stereocenters. The van der Waals surface area contributed by atoms with E-state index < -0.39 is 47.5 Å². The Balaban J connectivity index is 1.99. The third-order valence-electron chi connectivity index (χ3n) is 5.16. The molecule has 3 rings (SSSR count). The second-order valence-electron chi connectivity index (χ2n) is 10.1. The van der Waals surface area contributed by atoms with Crippen LogP contribution in [0.3, 0.4) is 0 Å². The van der Waals surface area contributed by atoms with Crippen LogP contribution in [0.4, 0.5) is 28.0 Å². The van der Waals surface area contributed by atoms with Gasteiger partial charge in [-0.2, -0.15) is 0 Å². The van der Waals surface area contributed by atoms with Gasteiger partial charge in [0.15, 0.2) is 0 Å². The fourth-order valence-electron chi connectivity index (χ4n) is 3.63. The number of benzene rings is 2. The zero-order valence-corrected chi connectivity index (χ0v) is 22.8. The molecule has 0 fully saturated rings. The van der Waals surface area contributed by atoms with Crippen molar-refractivity contribution in [1.29, 1.82) is 0 Å². The van der Waals surface area contributed by atoms with Crippen molar-refractivity contribution in [1.82, 2.24) is 10.6 Å². The van der Waals surface area contributed by atoms with E-state index in [1.807, 2.05) is 0 Å². The number of thioether (sulfide) groups is 1. The molecule has 0 radical (unpaired) electrons. The van der Waals surface area contributed by atoms with Gasteiger partial charge in [-0.15, -0.1) is 24.9 Å². The molecule has 1 aliphatic rings. The number of rotatable bonds is 6. The van der Waals surface area contributed by atoms with Gasteiger partial charge >= 0.3 is 12.5 Å². The van der Waals surface area contributed by atoms with Crippen LogP contribution in [0.1, 0.15) is 50.5 Å². The van der Waals surface area contributed by atoms with Crippen molar-refractivity contribution in [2.24, 2.45) is 0 Å². The van der Waals surface area contributed by atoms with E-state index in [1.165, 1.54) is 23.1 Å². The number of alkyl carbamates (subject to hydrolysis) is 1. The summed E-state index contributed by atoms with van der Waals surface area (Å²) in [5.41, 5.74) is -0.475. The first-order valence-electron chi connectivity index (χ1n) is 11.9. The lowest BCUT2D eigenvalue weighted by molar-refractivity contribution is -0.274. The maximum absolute atomic E-state index is 15.0. The number of hydrogen-bond donors (Lipinski definition) is 2. The zero-order chi connectivity index (χ0) is 29.1. The molecule has 212 valence electrons. The number of halogens is 4. The summed E-state index contributed by atoms with van der Waals surface area (Å²) >= 11 is 1.10. The van der Waals surface area contributed by atoms with Crippen molar-refractivity contribution >= 4 is 35.4 Å². The Hall–Kier alpha value is -3.48. The molecular formula is C26H29F4N3O5S. The summed E-state index contributed by atoms with van der Waals surface area (Å²) < 4.78 is 61.8. The minimum Gasteiger partial charge on any atom is -0.444 e. The summed E-state index contributed by atoms with van der Waals surface area (Å²) in [4.78, 5) is 40.4. The molecule has 0 aromatic heterocycles. The predicted octanol–water partition coefficient (Wildman–Crippen LogP) is 5.39. The van der Waals surface area contributed by atoms with Crippen molar-refractivity contribution in [3.05, 3.63) is 53.3 Å². The van der Waals surface area contributed by atoms with Crippen LogP contribution in [0.2, 0.25) is 0 Å². The smallest absolute Gasteiger partial charge is 0.444 e. The van der Waals surface area contributed by atoms with E-state index in [0.29, 0.717) is 10.5 Å². The van der Waals surface area contributed by atoms with Gasteiger partial charge in [-0.05, 0) is 64.4 Å². The van der Waals surface area contributed by atoms with Gasteiger partial charge in [0, 0.05) is 16.7 Å². The molecule has 1 heterocycles. The summed E-state index contributed by atoms with van der Waals surface area (Å²) in [5, 5.41) is 5.15. The lowest BCUT2D eigenvalue weighted by Crippen LogP contribution is -2.50. The van der Waals surface area contributed by atoms with Crippen LogP contribution in [0.25, 0.3) is 0 Å². The largest absolute Gasteiger partial charge is 0.573 e. The van der Waals surface area contributed by atoms with Crippen molar-refractivity contribution < 1.29 is 41.4 Å². The van der Waals surface area contributed by atoms with Gasteiger partial charge in [0.2, 0.25) is 0 Å². The minimum atomic E-state index is -4.87. The maximum atomic E-state index is 15.0. The van der Waals surface area contributed by atoms with Gasteiger partial charge < -0.3 is 25.0 Å². The lowest BCUT2D eigenvalue weighted by Gasteiger charge is -2.27. The molecule has 0 saturated carbocycles. The first-order chi connectivity index (χ1) is 18.0. The van der Waals surface area contributed by atoms with Gasteiger partial charge in [0.05, 0.1) is 17.8 Å². The molecule has 0 spiro atoms. The van der Waals surface area contributed by atoms with Gasteiger partial charge in [-0.3, -0.25) is 9.59 Å². The predicted molar refractivity (Wildman–Crippen MR) is 137 cm³/mol. The Morgan fingerprint density at radius 1 is 1.13 bits per heavy atom. The Morgan fingerprint density at radius 3 is 2.33 bits per heavy atom. The molecule has 8 nitrogen and oxygen atoms in total. The molecule has 0 bridgehead atoms. The number of ether oxygens (including phenoxy) is 2. The van der Waals surface area contributed by atoms with Crippen LogP contribution < -0.4 is 20.3 Å². The van der Waals surface area contributed by atoms with Crippen LogP contribution >= 0.6 is 11.8 Å². The molecule has 0 saturated heterocycles. The maximum Gasteiger partial charge on any atom is 0.573 e. The lowest BCUT2D eigenvalue weighted by atomic mass is 10.1. The summed E-state index contributed by atoms with van der Waals surface area (Å²) in [7, 11) is 0. The number of nitrogens with one attached hydrogen (secondary N) is 2. The third kappa shape index (κ3) is 8.50. The van der Waals surface area contributed by atoms with E-state index in [4.69, 9.17) is 4.74 Å². The van der Waals surface area contributed by atoms with Crippen LogP contribution in [-0.4, -0.2) is 47.7 Å². The first kappa shape index (κ1) is 30.1. The highest BCUT2D eigenvalue weighted by Crippen LogP contribution is 2.37. The van der Waals surface area contributed by atoms with Crippen LogP contribution in [-0.2, 0) is 16.1 Å². The quantitative estimate of drug-likeness (QED) is 0.451. The average Bonchev–Trinajstić information content (AvgIpc) is 2.89. The van der Waals surface area contributed by atoms with E-state index in [1.54, 1.807) is 34.6 Å². The summed E-state index contributed by atoms with van der Waals surface area (Å²) in [6, 6.07) is 5.93. The normalized spacial score (nSPS) is 15.9. The SMILES string of the molecule is CC(C)NC(=O)c1cc2c(cc1F)SC[C@H](NC(=O)OC(C)(C)C)C(=O)N2Cc1ccc(OC(F)(F)F)cc1. The summed E-state index contributed by atoms with van der Waals surface area (Å²) in [6.45, 7) is 8.27. The number of fused-ring (bicyclic) bond motifs is 1. The fourth-order valence-corrected chi connectivity index (χ4v) is 4.71. The highest BCUT2D eigenvalue weighted by atomic mass is 32.2. The van der Waals surface area contributed by atoms with Gasteiger partial charge in [-0.1, -0.05) is 12.1 Å². The van der Waals surface area contributed by atoms with Crippen LogP contribution in [0.5, 0.6) is 5.75 Å². The Bertz CT molecular complexity index is 1230. The van der Waals surface area contributed by atoms with Crippen molar-refractivity contribution in [3.63, 3.8) is 0 Å². The number of amides is 3. The number of anilines is 1. The molecular weight excluding hydrogens is 542 g/mol. The van der Waals surface area contributed by atoms with Crippen molar-refractivity contribution in [3.8, 4) is 5.75 Å². The number of hydrogen-bond acceptors (Lipinski definition) is 6. The summed E-state index contributed by atoms with van der Waals surface area (Å²) in [5.74, 6) is -2.45. The standard InChI is InChI=1S/C26H29F4N3O5S/c1-14(2)31-22(34)17-10-20-21(11-18(17)27)39-13-19(32-24(36)38-25(3,4)5)23(35)33(20)12-15-6-8-16(9-7-15)37-26(28,29)30/h6-11,14,19H,12-13H2,1-5H3,(H,31,34)(H,32,36)/t19-/m0/s1. The molecule has 1 aliphatic heterocycles. The number of carbonyl (C=O) groups is 3. The Kier molecular flexibility index (Phi) is 9.04. The van der Waals surface area contributed by atoms with Crippen LogP contribution in [0.15, 0.2) is 41.3 Å². The van der Waals surface area contributed by atoms with Crippen molar-refractivity contribution in [2.45, 2.75) is 70.1 Å². The van der Waals surface area contributed by atoms with Gasteiger partial charge in [0.1, 0.15) is 23.2 Å². The highest BCUT2D eigenvalue weighted by Gasteiger charge is 2.35. The third-order valence-corrected chi connectivity index (χ3v) is 6.30. The number of alkyl halides is 3. The first-order valence-corrected chi connectivity index (χ1v) is 12.9. The molecule has 13 heteroatoms. The highest BCUT2D eigenvalue weighted by molar-refractivity contribution is 7.99. The second kappa shape index (κ2) is 11.7. The monoisotopic (exact) mass is 571 g/mol. The molecule has 2 aromatic carbocycles. The molecule has 0 aliphatic carbocycles. The van der Waals surface area contributed by atoms with E-state index in [-0.39, 0.29) is 29.6 Å². The number of carbonyl (C=O) groups excluding carboxylic acids is 3. The molecule has 2 aromatic rings. The zero-order valence-electron chi connectivity index (χ0n) is 21.9. The van der Waals surface area contributed by atoms with Crippen molar-refractivity contribution in [2.75, 3.05) is 10.7 Å². The Morgan fingerprint density at radius 2 is 1.77 bits per heavy atom. The average molecular weight is 572 g/mol. The number of nitrogens with zero attached hydrogens (tertiary/aromatic N) is 1. The van der Waals surface area contributed by atoms with E-state index in [2.05, 4.69) is 15.4 Å². The topological polar surface area (TPSA) is 97.0 Å². The van der Waals surface area contributed by atoms with E-state index in [0.717, 1.165) is 30.0 Å². The van der Waals surface area contributed by atoms with E-state index in [9.17, 15) is 31.9 Å². The second-order valence-corrected chi connectivity index (χ2v) is 11.1. The molecule has 3 amide bonds. The van der Waals surface area contributed by atoms with Gasteiger partial charge in [-0.25, -0.2) is 9.18 Å². The Labute approximate surface area is 227 Å². The van der Waals surface area contributed by atoms with Crippen LogP contribution in [0, 0.1) is 5.82 Å². The molecule has 1 atom stereocenters. The minimum absolute atomic E-state index is 0.0386. The summed E-state index contributed by atoms with van der Waals surface area (Å²) in [6.07, 6.45) is -5.69. The molecule has 39 heavy (non-hydrogen) atoms.